The zero-order valence-corrected chi connectivity index (χ0v) is 33.8. The molecule has 0 saturated carbocycles. The fraction of sp³-hybridized carbons (Fsp3) is 0.500. The third kappa shape index (κ3) is 38.1. The van der Waals surface area contributed by atoms with E-state index in [9.17, 15) is 19.0 Å². The molecule has 0 rings (SSSR count). The number of nitrogens with two attached hydrogens (primary N) is 1. The molecule has 0 heterocycles. The van der Waals surface area contributed by atoms with Gasteiger partial charge in [0.25, 0.3) is 0 Å². The number of carbonyl (C=O) groups excluding carboxylic acids is 2. The molecular formula is C44H68NO8P. The van der Waals surface area contributed by atoms with Crippen LogP contribution in [0, 0.1) is 0 Å². The van der Waals surface area contributed by atoms with Crippen LogP contribution in [-0.2, 0) is 32.7 Å². The fourth-order valence-electron chi connectivity index (χ4n) is 4.36. The van der Waals surface area contributed by atoms with E-state index in [2.05, 4.69) is 92.8 Å². The topological polar surface area (TPSA) is 134 Å². The van der Waals surface area contributed by atoms with Crippen molar-refractivity contribution in [1.82, 2.24) is 0 Å². The predicted molar refractivity (Wildman–Crippen MR) is 224 cm³/mol. The average molecular weight is 770 g/mol. The summed E-state index contributed by atoms with van der Waals surface area (Å²) >= 11 is 0. The number of carbonyl (C=O) groups is 2. The van der Waals surface area contributed by atoms with Gasteiger partial charge in [0.05, 0.1) is 13.2 Å². The second-order valence-corrected chi connectivity index (χ2v) is 13.6. The fourth-order valence-corrected chi connectivity index (χ4v) is 5.13. The predicted octanol–water partition coefficient (Wildman–Crippen LogP) is 11.0. The Hall–Kier alpha value is -3.59. The standard InChI is InChI=1S/C44H68NO8P/c1-3-5-7-9-11-13-15-17-18-19-20-21-22-23-25-26-28-30-32-34-36-43(46)50-40-42(41-52-54(48,49)51-39-38-45)53-44(47)37-35-33-31-29-27-24-16-14-12-10-8-6-4-2/h5-8,10-14,16-18,20-21,23-25,27-28,30,42H,3-4,9,15,19,22,26,29,31-41,45H2,1-2H3,(H,48,49)/b7-5+,8-6+,12-10+,13-11+,16-14+,18-17+,21-20+,25-23+,27-24+,30-28+. The summed E-state index contributed by atoms with van der Waals surface area (Å²) in [5.41, 5.74) is 5.33. The quantitative estimate of drug-likeness (QED) is 0.0216. The van der Waals surface area contributed by atoms with Gasteiger partial charge in [-0.1, -0.05) is 142 Å². The van der Waals surface area contributed by atoms with Crippen LogP contribution in [0.4, 0.5) is 0 Å². The molecule has 302 valence electrons. The number of phosphoric ester groups is 1. The SMILES string of the molecule is CC/C=C/C=C/C=C/C=C/CCCCCC(=O)OC(COC(=O)CCC/C=C/C/C=C/C/C=C/C/C=C/C/C=C/C/C=C/CC)COP(=O)(O)OCCN. The Morgan fingerprint density at radius 1 is 0.574 bits per heavy atom. The van der Waals surface area contributed by atoms with Crippen molar-refractivity contribution in [2.75, 3.05) is 26.4 Å². The smallest absolute Gasteiger partial charge is 0.462 e. The van der Waals surface area contributed by atoms with Gasteiger partial charge >= 0.3 is 19.8 Å². The molecule has 0 amide bonds. The van der Waals surface area contributed by atoms with Crippen LogP contribution in [0.3, 0.4) is 0 Å². The van der Waals surface area contributed by atoms with Crippen molar-refractivity contribution < 1.29 is 37.6 Å². The molecule has 0 aliphatic rings. The molecule has 0 aromatic carbocycles. The van der Waals surface area contributed by atoms with E-state index in [1.165, 1.54) is 0 Å². The Bertz CT molecular complexity index is 1290. The first-order valence-electron chi connectivity index (χ1n) is 19.6. The maximum absolute atomic E-state index is 12.5. The Balaban J connectivity index is 4.39. The second-order valence-electron chi connectivity index (χ2n) is 12.1. The Kier molecular flexibility index (Phi) is 36.5. The number of unbranched alkanes of at least 4 members (excludes halogenated alkanes) is 4. The largest absolute Gasteiger partial charge is 0.472 e. The van der Waals surface area contributed by atoms with Crippen LogP contribution in [-0.4, -0.2) is 49.3 Å². The second kappa shape index (κ2) is 39.1. The molecule has 54 heavy (non-hydrogen) atoms. The van der Waals surface area contributed by atoms with Crippen molar-refractivity contribution in [3.8, 4) is 0 Å². The van der Waals surface area contributed by atoms with Gasteiger partial charge in [-0.25, -0.2) is 4.57 Å². The van der Waals surface area contributed by atoms with Crippen molar-refractivity contribution in [2.24, 2.45) is 5.73 Å². The van der Waals surface area contributed by atoms with E-state index in [0.29, 0.717) is 19.3 Å². The van der Waals surface area contributed by atoms with Gasteiger partial charge in [0.15, 0.2) is 6.10 Å². The highest BCUT2D eigenvalue weighted by molar-refractivity contribution is 7.47. The number of phosphoric acid groups is 1. The molecule has 0 aliphatic heterocycles. The van der Waals surface area contributed by atoms with E-state index < -0.39 is 32.5 Å². The first-order chi connectivity index (χ1) is 26.3. The molecule has 0 bridgehead atoms. The van der Waals surface area contributed by atoms with Crippen molar-refractivity contribution in [1.29, 1.82) is 0 Å². The number of ether oxygens (including phenoxy) is 2. The summed E-state index contributed by atoms with van der Waals surface area (Å²) in [6.45, 7) is 3.31. The molecule has 0 aromatic heterocycles. The lowest BCUT2D eigenvalue weighted by molar-refractivity contribution is -0.161. The highest BCUT2D eigenvalue weighted by Gasteiger charge is 2.25. The van der Waals surface area contributed by atoms with Crippen LogP contribution in [0.1, 0.15) is 110 Å². The monoisotopic (exact) mass is 769 g/mol. The maximum Gasteiger partial charge on any atom is 0.472 e. The number of allylic oxidation sites excluding steroid dienone is 20. The third-order valence-corrected chi connectivity index (χ3v) is 8.17. The average Bonchev–Trinajstić information content (AvgIpc) is 3.16. The molecule has 2 unspecified atom stereocenters. The summed E-state index contributed by atoms with van der Waals surface area (Å²) in [6, 6.07) is 0. The van der Waals surface area contributed by atoms with E-state index in [1.807, 2.05) is 42.5 Å². The lowest BCUT2D eigenvalue weighted by Gasteiger charge is -2.19. The van der Waals surface area contributed by atoms with Crippen LogP contribution < -0.4 is 5.73 Å². The van der Waals surface area contributed by atoms with E-state index in [0.717, 1.165) is 64.2 Å². The first kappa shape index (κ1) is 50.4. The Morgan fingerprint density at radius 3 is 1.65 bits per heavy atom. The van der Waals surface area contributed by atoms with Gasteiger partial charge in [0, 0.05) is 19.4 Å². The van der Waals surface area contributed by atoms with E-state index in [4.69, 9.17) is 24.3 Å². The van der Waals surface area contributed by atoms with Gasteiger partial charge in [-0.2, -0.15) is 0 Å². The van der Waals surface area contributed by atoms with Gasteiger partial charge in [-0.05, 0) is 77.0 Å². The molecule has 10 heteroatoms. The molecule has 0 saturated heterocycles. The zero-order chi connectivity index (χ0) is 39.6. The number of hydrogen-bond donors (Lipinski definition) is 2. The summed E-state index contributed by atoms with van der Waals surface area (Å²) in [7, 11) is -4.41. The Morgan fingerprint density at radius 2 is 1.07 bits per heavy atom. The van der Waals surface area contributed by atoms with E-state index >= 15 is 0 Å². The summed E-state index contributed by atoms with van der Waals surface area (Å²) in [5.74, 6) is -0.962. The summed E-state index contributed by atoms with van der Waals surface area (Å²) in [4.78, 5) is 34.7. The third-order valence-electron chi connectivity index (χ3n) is 7.19. The van der Waals surface area contributed by atoms with Crippen LogP contribution in [0.15, 0.2) is 122 Å². The van der Waals surface area contributed by atoms with Crippen molar-refractivity contribution in [3.63, 3.8) is 0 Å². The number of esters is 2. The molecule has 0 aliphatic carbocycles. The molecule has 9 nitrogen and oxygen atoms in total. The molecule has 2 atom stereocenters. The summed E-state index contributed by atoms with van der Waals surface area (Å²) < 4.78 is 32.6. The van der Waals surface area contributed by atoms with Crippen molar-refractivity contribution >= 4 is 19.8 Å². The zero-order valence-electron chi connectivity index (χ0n) is 32.9. The summed E-state index contributed by atoms with van der Waals surface area (Å²) in [6.07, 6.45) is 52.4. The van der Waals surface area contributed by atoms with Crippen LogP contribution >= 0.6 is 7.82 Å². The number of hydrogen-bond acceptors (Lipinski definition) is 8. The maximum atomic E-state index is 12.5. The molecule has 0 aromatic rings. The van der Waals surface area contributed by atoms with Gasteiger partial charge in [-0.15, -0.1) is 0 Å². The number of rotatable bonds is 34. The van der Waals surface area contributed by atoms with Gasteiger partial charge in [0.2, 0.25) is 0 Å². The minimum absolute atomic E-state index is 0.0310. The molecule has 0 fully saturated rings. The van der Waals surface area contributed by atoms with E-state index in [-0.39, 0.29) is 32.6 Å². The molecule has 0 spiro atoms. The van der Waals surface area contributed by atoms with Crippen molar-refractivity contribution in [3.05, 3.63) is 122 Å². The minimum Gasteiger partial charge on any atom is -0.462 e. The lowest BCUT2D eigenvalue weighted by Crippen LogP contribution is -2.29. The Labute approximate surface area is 326 Å². The molecule has 0 radical (unpaired) electrons. The van der Waals surface area contributed by atoms with E-state index in [1.54, 1.807) is 0 Å². The van der Waals surface area contributed by atoms with Crippen LogP contribution in [0.25, 0.3) is 0 Å². The highest BCUT2D eigenvalue weighted by atomic mass is 31.2. The van der Waals surface area contributed by atoms with Gasteiger partial charge < -0.3 is 20.1 Å². The molecule has 3 N–H and O–H groups in total. The van der Waals surface area contributed by atoms with Crippen LogP contribution in [0.2, 0.25) is 0 Å². The van der Waals surface area contributed by atoms with Crippen molar-refractivity contribution in [2.45, 2.75) is 116 Å². The van der Waals surface area contributed by atoms with Gasteiger partial charge in [-0.3, -0.25) is 18.6 Å². The van der Waals surface area contributed by atoms with Crippen LogP contribution in [0.5, 0.6) is 0 Å². The molecular weight excluding hydrogens is 701 g/mol. The lowest BCUT2D eigenvalue weighted by atomic mass is 10.1. The first-order valence-corrected chi connectivity index (χ1v) is 21.1. The highest BCUT2D eigenvalue weighted by Crippen LogP contribution is 2.43. The normalized spacial score (nSPS) is 14.7. The van der Waals surface area contributed by atoms with Gasteiger partial charge in [0.1, 0.15) is 6.61 Å². The summed E-state index contributed by atoms with van der Waals surface area (Å²) in [5, 5.41) is 0. The minimum atomic E-state index is -4.41.